The van der Waals surface area contributed by atoms with Crippen molar-refractivity contribution in [2.75, 3.05) is 9.71 Å². The highest BCUT2D eigenvalue weighted by Gasteiger charge is 2.51. The van der Waals surface area contributed by atoms with Gasteiger partial charge in [-0.25, -0.2) is 0 Å². The van der Waals surface area contributed by atoms with E-state index in [1.54, 1.807) is 0 Å². The van der Waals surface area contributed by atoms with Crippen molar-refractivity contribution in [3.8, 4) is 56.4 Å². The van der Waals surface area contributed by atoms with E-state index in [0.29, 0.717) is 23.0 Å². The van der Waals surface area contributed by atoms with Gasteiger partial charge in [0.2, 0.25) is 0 Å². The maximum absolute atomic E-state index is 7.39. The highest BCUT2D eigenvalue weighted by atomic mass is 16.6. The molecule has 372 valence electrons. The maximum atomic E-state index is 7.39. The molecule has 1 aromatic heterocycles. The molecule has 0 saturated heterocycles. The molecule has 0 bridgehead atoms. The normalized spacial score (nSPS) is 16.6. The first kappa shape index (κ1) is 45.4. The minimum absolute atomic E-state index is 0.0291. The fourth-order valence-corrected chi connectivity index (χ4v) is 14.0. The summed E-state index contributed by atoms with van der Waals surface area (Å²) in [6.07, 6.45) is 2.25. The zero-order valence-electron chi connectivity index (χ0n) is 45.2. The number of fused-ring (bicyclic) bond motifs is 15. The second-order valence-electron chi connectivity index (χ2n) is 25.1. The molecule has 0 unspecified atom stereocenters. The Hall–Kier alpha value is -7.96. The van der Waals surface area contributed by atoms with E-state index in [9.17, 15) is 0 Å². The van der Waals surface area contributed by atoms with Gasteiger partial charge in [0.15, 0.2) is 23.0 Å². The Balaban J connectivity index is 1.14. The monoisotopic (exact) mass is 988 g/mol. The number of anilines is 5. The number of aryl methyl sites for hydroxylation is 1. The van der Waals surface area contributed by atoms with Gasteiger partial charge >= 0.3 is 6.85 Å². The fourth-order valence-electron chi connectivity index (χ4n) is 14.0. The van der Waals surface area contributed by atoms with Crippen LogP contribution in [0.3, 0.4) is 0 Å². The lowest BCUT2D eigenvalue weighted by Gasteiger charge is -2.48. The number of benzene rings is 9. The molecule has 0 atom stereocenters. The first-order chi connectivity index (χ1) is 36.5. The van der Waals surface area contributed by atoms with Gasteiger partial charge in [0.25, 0.3) is 0 Å². The lowest BCUT2D eigenvalue weighted by Crippen LogP contribution is -2.61. The smallest absolute Gasteiger partial charge is 0.333 e. The molecule has 5 aliphatic rings. The first-order valence-electron chi connectivity index (χ1n) is 27.3. The summed E-state index contributed by atoms with van der Waals surface area (Å²) in [5.74, 6) is 2.79. The minimum atomic E-state index is -0.355. The summed E-state index contributed by atoms with van der Waals surface area (Å²) in [5.41, 5.74) is 24.7. The molecule has 3 aliphatic heterocycles. The van der Waals surface area contributed by atoms with Crippen molar-refractivity contribution in [1.29, 1.82) is 0 Å². The molecule has 15 rings (SSSR count). The van der Waals surface area contributed by atoms with Crippen LogP contribution in [-0.4, -0.2) is 6.85 Å². The molecule has 0 N–H and O–H groups in total. The largest absolute Gasteiger partial charge is 0.455 e. The second kappa shape index (κ2) is 15.3. The Labute approximate surface area is 446 Å². The average Bonchev–Trinajstić information content (AvgIpc) is 3.94. The Kier molecular flexibility index (Phi) is 9.18. The van der Waals surface area contributed by atoms with Gasteiger partial charge in [-0.15, -0.1) is 0 Å². The van der Waals surface area contributed by atoms with E-state index in [1.165, 1.54) is 66.7 Å². The standard InChI is InChI=1S/C70H61BN2O3/c1-40-34-49-50(69(7,8)33-32-68(49,5)6)37-54(40)72-55-39-61-60(74-58-26-18-19-27-59(58)75-61)38-51(55)71-65-56(72)36-46-43-22-15-17-25-57(43)76-66(46)64(65)63-53(31-29-48-62(63)44-23-14-16-24-47(44)70(48,9)10)73(71)52-30-28-42(67(2,3)4)35-45(52)41-20-12-11-13-21-41/h11-31,34-39H,32-33H2,1-10H3. The van der Waals surface area contributed by atoms with Gasteiger partial charge in [-0.1, -0.05) is 165 Å². The summed E-state index contributed by atoms with van der Waals surface area (Å²) in [6, 6.07) is 60.9. The third kappa shape index (κ3) is 6.21. The Morgan fingerprint density at radius 1 is 0.487 bits per heavy atom. The molecule has 0 fully saturated rings. The van der Waals surface area contributed by atoms with Gasteiger partial charge in [-0.2, -0.15) is 0 Å². The second-order valence-corrected chi connectivity index (χ2v) is 25.1. The summed E-state index contributed by atoms with van der Waals surface area (Å²) in [5, 5.41) is 2.20. The number of ether oxygens (including phenoxy) is 2. The Bertz CT molecular complexity index is 4170. The van der Waals surface area contributed by atoms with Gasteiger partial charge in [0.1, 0.15) is 11.2 Å². The lowest BCUT2D eigenvalue weighted by atomic mass is 9.43. The molecule has 0 spiro atoms. The molecule has 0 amide bonds. The molecule has 76 heavy (non-hydrogen) atoms. The summed E-state index contributed by atoms with van der Waals surface area (Å²) >= 11 is 0. The van der Waals surface area contributed by atoms with Crippen molar-refractivity contribution in [3.63, 3.8) is 0 Å². The van der Waals surface area contributed by atoms with Crippen molar-refractivity contribution >= 4 is 68.1 Å². The van der Waals surface area contributed by atoms with Crippen molar-refractivity contribution in [2.45, 2.75) is 104 Å². The molecular formula is C70H61BN2O3. The van der Waals surface area contributed by atoms with E-state index < -0.39 is 0 Å². The highest BCUT2D eigenvalue weighted by molar-refractivity contribution is 6.94. The number of nitrogens with zero attached hydrogens (tertiary/aromatic N) is 2. The summed E-state index contributed by atoms with van der Waals surface area (Å²) in [7, 11) is 0. The van der Waals surface area contributed by atoms with E-state index >= 15 is 0 Å². The van der Waals surface area contributed by atoms with Gasteiger partial charge in [-0.3, -0.25) is 0 Å². The van der Waals surface area contributed by atoms with Crippen LogP contribution in [0.4, 0.5) is 28.4 Å². The van der Waals surface area contributed by atoms with Crippen LogP contribution in [0.1, 0.15) is 109 Å². The van der Waals surface area contributed by atoms with Gasteiger partial charge in [-0.05, 0) is 152 Å². The predicted octanol–water partition coefficient (Wildman–Crippen LogP) is 18.1. The van der Waals surface area contributed by atoms with Crippen molar-refractivity contribution in [3.05, 3.63) is 197 Å². The van der Waals surface area contributed by atoms with Crippen molar-refractivity contribution in [2.24, 2.45) is 0 Å². The number of para-hydroxylation sites is 3. The molecule has 9 aromatic carbocycles. The summed E-state index contributed by atoms with van der Waals surface area (Å²) < 4.78 is 21.3. The first-order valence-corrected chi connectivity index (χ1v) is 27.3. The fraction of sp³-hybridized carbons (Fsp3) is 0.229. The molecule has 0 radical (unpaired) electrons. The van der Waals surface area contributed by atoms with E-state index in [0.717, 1.165) is 74.2 Å². The van der Waals surface area contributed by atoms with E-state index in [-0.39, 0.29) is 28.5 Å². The zero-order chi connectivity index (χ0) is 51.9. The van der Waals surface area contributed by atoms with Crippen LogP contribution in [0.25, 0.3) is 55.3 Å². The van der Waals surface area contributed by atoms with Crippen LogP contribution < -0.4 is 30.1 Å². The average molecular weight is 989 g/mol. The van der Waals surface area contributed by atoms with Crippen molar-refractivity contribution in [1.82, 2.24) is 0 Å². The van der Waals surface area contributed by atoms with Crippen LogP contribution in [0.5, 0.6) is 23.0 Å². The predicted molar refractivity (Wildman–Crippen MR) is 316 cm³/mol. The molecule has 5 nitrogen and oxygen atoms in total. The van der Waals surface area contributed by atoms with Gasteiger partial charge in [0, 0.05) is 67.4 Å². The molecule has 0 saturated carbocycles. The third-order valence-corrected chi connectivity index (χ3v) is 18.2. The van der Waals surface area contributed by atoms with Gasteiger partial charge in [0.05, 0.1) is 0 Å². The van der Waals surface area contributed by atoms with Crippen LogP contribution in [0, 0.1) is 6.92 Å². The van der Waals surface area contributed by atoms with E-state index in [4.69, 9.17) is 13.9 Å². The zero-order valence-corrected chi connectivity index (χ0v) is 45.2. The number of furan rings is 1. The highest BCUT2D eigenvalue weighted by Crippen LogP contribution is 2.61. The summed E-state index contributed by atoms with van der Waals surface area (Å²) in [6.45, 7) is 23.4. The molecular weight excluding hydrogens is 928 g/mol. The Morgan fingerprint density at radius 3 is 1.89 bits per heavy atom. The molecule has 2 aliphatic carbocycles. The third-order valence-electron chi connectivity index (χ3n) is 18.2. The van der Waals surface area contributed by atoms with Crippen LogP contribution in [-0.2, 0) is 21.7 Å². The topological polar surface area (TPSA) is 38.1 Å². The number of rotatable bonds is 3. The maximum Gasteiger partial charge on any atom is 0.333 e. The van der Waals surface area contributed by atoms with Gasteiger partial charge < -0.3 is 23.6 Å². The minimum Gasteiger partial charge on any atom is -0.455 e. The Morgan fingerprint density at radius 2 is 1.14 bits per heavy atom. The number of hydrogen-bond acceptors (Lipinski definition) is 5. The number of hydrogen-bond donors (Lipinski definition) is 0. The molecule has 4 heterocycles. The lowest BCUT2D eigenvalue weighted by molar-refractivity contribution is 0.332. The SMILES string of the molecule is Cc1cc2c(cc1N1c3cc4c(cc3B3c5c1cc1c(oc6ccccc61)c5-c1c(ccc5c1-c1ccccc1C5(C)C)N3c1ccc(C(C)(C)C)cc1-c1ccccc1)Oc1ccccc1O4)C(C)(C)CCC2(C)C. The van der Waals surface area contributed by atoms with E-state index in [2.05, 4.69) is 218 Å². The van der Waals surface area contributed by atoms with Crippen LogP contribution in [0.2, 0.25) is 0 Å². The molecule has 6 heteroatoms. The quantitative estimate of drug-likeness (QED) is 0.165. The van der Waals surface area contributed by atoms with Crippen LogP contribution >= 0.6 is 0 Å². The summed E-state index contributed by atoms with van der Waals surface area (Å²) in [4.78, 5) is 5.28. The molecule has 10 aromatic rings. The van der Waals surface area contributed by atoms with Crippen molar-refractivity contribution < 1.29 is 13.9 Å². The van der Waals surface area contributed by atoms with Crippen LogP contribution in [0.15, 0.2) is 168 Å². The van der Waals surface area contributed by atoms with E-state index in [1.807, 2.05) is 24.3 Å².